The largest absolute Gasteiger partial charge is 0.493 e. The summed E-state index contributed by atoms with van der Waals surface area (Å²) in [5.41, 5.74) is 5.46. The molecule has 1 atom stereocenters. The van der Waals surface area contributed by atoms with E-state index in [2.05, 4.69) is 11.4 Å². The number of para-hydroxylation sites is 1. The van der Waals surface area contributed by atoms with Crippen LogP contribution in [0, 0.1) is 13.8 Å². The quantitative estimate of drug-likeness (QED) is 0.671. The highest BCUT2D eigenvalue weighted by Crippen LogP contribution is 2.53. The normalized spacial score (nSPS) is 19.7. The molecule has 0 aliphatic carbocycles. The van der Waals surface area contributed by atoms with Crippen LogP contribution < -0.4 is 19.7 Å². The van der Waals surface area contributed by atoms with E-state index in [9.17, 15) is 9.59 Å². The number of aryl methyl sites for hydroxylation is 2. The number of carbonyl (C=O) groups is 2. The van der Waals surface area contributed by atoms with Crippen molar-refractivity contribution in [3.8, 4) is 11.5 Å². The van der Waals surface area contributed by atoms with E-state index in [0.717, 1.165) is 51.4 Å². The first-order valence-electron chi connectivity index (χ1n) is 11.2. The zero-order valence-corrected chi connectivity index (χ0v) is 18.6. The average molecular weight is 440 g/mol. The number of nitrogens with one attached hydrogen (secondary N) is 1. The van der Waals surface area contributed by atoms with Crippen molar-refractivity contribution in [1.29, 1.82) is 0 Å². The Balaban J connectivity index is 1.37. The maximum absolute atomic E-state index is 14.0. The molecule has 3 aromatic carbocycles. The van der Waals surface area contributed by atoms with Crippen LogP contribution in [0.2, 0.25) is 0 Å². The lowest BCUT2D eigenvalue weighted by molar-refractivity contribution is -0.124. The number of nitrogens with zero attached hydrogens (tertiary/aromatic N) is 1. The average Bonchev–Trinajstić information content (AvgIpc) is 3.48. The van der Waals surface area contributed by atoms with Crippen LogP contribution in [-0.4, -0.2) is 31.6 Å². The zero-order chi connectivity index (χ0) is 22.7. The molecule has 6 rings (SSSR count). The number of benzene rings is 3. The van der Waals surface area contributed by atoms with E-state index >= 15 is 0 Å². The lowest BCUT2D eigenvalue weighted by Crippen LogP contribution is -2.45. The van der Waals surface area contributed by atoms with Crippen molar-refractivity contribution >= 4 is 23.2 Å². The number of amides is 2. The van der Waals surface area contributed by atoms with Gasteiger partial charge in [-0.25, -0.2) is 0 Å². The molecule has 3 aliphatic heterocycles. The zero-order valence-electron chi connectivity index (χ0n) is 18.6. The molecule has 6 heteroatoms. The van der Waals surface area contributed by atoms with Gasteiger partial charge in [0.05, 0.1) is 6.61 Å². The summed E-state index contributed by atoms with van der Waals surface area (Å²) in [6.07, 6.45) is 0.816. The van der Waals surface area contributed by atoms with Crippen LogP contribution in [0.15, 0.2) is 54.6 Å². The highest BCUT2D eigenvalue weighted by molar-refractivity contribution is 6.14. The predicted molar refractivity (Wildman–Crippen MR) is 125 cm³/mol. The minimum absolute atomic E-state index is 0.0611. The second-order valence-corrected chi connectivity index (χ2v) is 9.02. The van der Waals surface area contributed by atoms with Crippen LogP contribution in [-0.2, 0) is 21.4 Å². The second-order valence-electron chi connectivity index (χ2n) is 9.02. The van der Waals surface area contributed by atoms with Gasteiger partial charge >= 0.3 is 0 Å². The standard InChI is InChI=1S/C27H24N2O4/c1-16-7-8-17(2)21(11-16)28-25(30)14-29-22-6-4-3-5-19(22)27(26(29)31)15-33-24-13-23-18(9-10-32-23)12-20(24)27/h3-8,11-13H,9-10,14-15H2,1-2H3,(H,28,30). The summed E-state index contributed by atoms with van der Waals surface area (Å²) < 4.78 is 11.7. The first-order chi connectivity index (χ1) is 16.0. The fourth-order valence-corrected chi connectivity index (χ4v) is 5.21. The Hall–Kier alpha value is -3.80. The van der Waals surface area contributed by atoms with E-state index < -0.39 is 5.41 Å². The molecule has 2 amide bonds. The number of fused-ring (bicyclic) bond motifs is 5. The van der Waals surface area contributed by atoms with Gasteiger partial charge in [0.25, 0.3) is 0 Å². The van der Waals surface area contributed by atoms with Crippen molar-refractivity contribution in [3.05, 3.63) is 82.4 Å². The van der Waals surface area contributed by atoms with Gasteiger partial charge in [-0.1, -0.05) is 30.3 Å². The molecule has 3 heterocycles. The number of hydrogen-bond donors (Lipinski definition) is 1. The van der Waals surface area contributed by atoms with Gasteiger partial charge in [0.15, 0.2) is 0 Å². The van der Waals surface area contributed by atoms with Gasteiger partial charge in [0.1, 0.15) is 30.1 Å². The monoisotopic (exact) mass is 440 g/mol. The molecule has 33 heavy (non-hydrogen) atoms. The molecule has 0 fully saturated rings. The maximum atomic E-state index is 14.0. The van der Waals surface area contributed by atoms with Crippen molar-refractivity contribution in [1.82, 2.24) is 0 Å². The molecule has 3 aromatic rings. The van der Waals surface area contributed by atoms with Crippen molar-refractivity contribution in [2.75, 3.05) is 30.0 Å². The molecular weight excluding hydrogens is 416 g/mol. The number of carbonyl (C=O) groups excluding carboxylic acids is 2. The Morgan fingerprint density at radius 2 is 1.88 bits per heavy atom. The third-order valence-electron chi connectivity index (χ3n) is 6.93. The number of anilines is 2. The van der Waals surface area contributed by atoms with E-state index in [4.69, 9.17) is 9.47 Å². The van der Waals surface area contributed by atoms with Crippen LogP contribution >= 0.6 is 0 Å². The summed E-state index contributed by atoms with van der Waals surface area (Å²) in [6, 6.07) is 17.6. The summed E-state index contributed by atoms with van der Waals surface area (Å²) >= 11 is 0. The molecule has 3 aliphatic rings. The fraction of sp³-hybridized carbons (Fsp3) is 0.259. The van der Waals surface area contributed by atoms with Crippen molar-refractivity contribution in [2.24, 2.45) is 0 Å². The molecule has 166 valence electrons. The highest BCUT2D eigenvalue weighted by atomic mass is 16.5. The summed E-state index contributed by atoms with van der Waals surface area (Å²) in [5, 5.41) is 2.98. The number of ether oxygens (including phenoxy) is 2. The Morgan fingerprint density at radius 1 is 1.03 bits per heavy atom. The first-order valence-corrected chi connectivity index (χ1v) is 11.2. The molecule has 1 spiro atoms. The lowest BCUT2D eigenvalue weighted by atomic mass is 9.76. The molecule has 6 nitrogen and oxygen atoms in total. The number of hydrogen-bond acceptors (Lipinski definition) is 4. The van der Waals surface area contributed by atoms with Gasteiger partial charge in [-0.15, -0.1) is 0 Å². The second kappa shape index (κ2) is 7.10. The summed E-state index contributed by atoms with van der Waals surface area (Å²) in [4.78, 5) is 28.6. The topological polar surface area (TPSA) is 67.9 Å². The Morgan fingerprint density at radius 3 is 2.76 bits per heavy atom. The highest BCUT2D eigenvalue weighted by Gasteiger charge is 2.57. The minimum Gasteiger partial charge on any atom is -0.493 e. The minimum atomic E-state index is -0.941. The summed E-state index contributed by atoms with van der Waals surface area (Å²) in [5.74, 6) is 1.15. The fourth-order valence-electron chi connectivity index (χ4n) is 5.21. The van der Waals surface area contributed by atoms with Crippen LogP contribution in [0.4, 0.5) is 11.4 Å². The third kappa shape index (κ3) is 2.86. The van der Waals surface area contributed by atoms with Gasteiger partial charge in [0.2, 0.25) is 11.8 Å². The summed E-state index contributed by atoms with van der Waals surface area (Å²) in [7, 11) is 0. The molecular formula is C27H24N2O4. The van der Waals surface area contributed by atoms with Crippen molar-refractivity contribution in [3.63, 3.8) is 0 Å². The van der Waals surface area contributed by atoms with Crippen LogP contribution in [0.25, 0.3) is 0 Å². The molecule has 0 saturated carbocycles. The van der Waals surface area contributed by atoms with E-state index in [1.807, 2.05) is 62.4 Å². The molecule has 1 unspecified atom stereocenters. The number of rotatable bonds is 3. The van der Waals surface area contributed by atoms with Gasteiger partial charge in [-0.2, -0.15) is 0 Å². The lowest BCUT2D eigenvalue weighted by Gasteiger charge is -2.23. The predicted octanol–water partition coefficient (Wildman–Crippen LogP) is 3.90. The van der Waals surface area contributed by atoms with Crippen molar-refractivity contribution in [2.45, 2.75) is 25.7 Å². The Bertz CT molecular complexity index is 1330. The van der Waals surface area contributed by atoms with E-state index in [1.165, 1.54) is 0 Å². The van der Waals surface area contributed by atoms with E-state index in [0.29, 0.717) is 12.4 Å². The molecule has 0 aromatic heterocycles. The van der Waals surface area contributed by atoms with E-state index in [-0.39, 0.29) is 25.0 Å². The van der Waals surface area contributed by atoms with Crippen LogP contribution in [0.3, 0.4) is 0 Å². The van der Waals surface area contributed by atoms with E-state index in [1.54, 1.807) is 4.90 Å². The summed E-state index contributed by atoms with van der Waals surface area (Å²) in [6.45, 7) is 4.73. The van der Waals surface area contributed by atoms with Gasteiger partial charge in [-0.05, 0) is 54.3 Å². The Kier molecular flexibility index (Phi) is 4.27. The van der Waals surface area contributed by atoms with Gasteiger partial charge < -0.3 is 19.7 Å². The molecule has 0 radical (unpaired) electrons. The third-order valence-corrected chi connectivity index (χ3v) is 6.93. The first kappa shape index (κ1) is 19.9. The van der Waals surface area contributed by atoms with Gasteiger partial charge in [-0.3, -0.25) is 9.59 Å². The molecule has 0 saturated heterocycles. The molecule has 0 bridgehead atoms. The van der Waals surface area contributed by atoms with Crippen molar-refractivity contribution < 1.29 is 19.1 Å². The maximum Gasteiger partial charge on any atom is 0.246 e. The smallest absolute Gasteiger partial charge is 0.246 e. The van der Waals surface area contributed by atoms with Crippen LogP contribution in [0.5, 0.6) is 11.5 Å². The SMILES string of the molecule is Cc1ccc(C)c(NC(=O)CN2C(=O)C3(COc4cc5c(cc43)CCO5)c3ccccc32)c1. The molecule has 1 N–H and O–H groups in total. The Labute approximate surface area is 192 Å². The van der Waals surface area contributed by atoms with Gasteiger partial charge in [0, 0.05) is 29.4 Å². The van der Waals surface area contributed by atoms with Crippen LogP contribution in [0.1, 0.15) is 27.8 Å².